The highest BCUT2D eigenvalue weighted by Gasteiger charge is 2.32. The molecule has 0 spiro atoms. The van der Waals surface area contributed by atoms with Gasteiger partial charge in [-0.05, 0) is 71.4 Å². The number of hydrogen-bond donors (Lipinski definition) is 1. The smallest absolute Gasteiger partial charge is 0.407 e. The number of aryl methyl sites for hydroxylation is 1. The van der Waals surface area contributed by atoms with Gasteiger partial charge in [-0.15, -0.1) is 0 Å². The Bertz CT molecular complexity index is 1250. The molecule has 2 heterocycles. The molecule has 1 N–H and O–H groups in total. The van der Waals surface area contributed by atoms with E-state index in [2.05, 4.69) is 5.32 Å². The molecule has 2 aromatic rings. The zero-order valence-corrected chi connectivity index (χ0v) is 22.2. The van der Waals surface area contributed by atoms with E-state index >= 15 is 4.39 Å². The van der Waals surface area contributed by atoms with Crippen molar-refractivity contribution in [1.29, 1.82) is 0 Å². The lowest BCUT2D eigenvalue weighted by atomic mass is 10.1. The SMILES string of the molecule is CCOC(=O)COc1cc(=O)n(C2CC2)c2c(C)c(N3CC[C@H](CNC(=O)OC(C)(C)C)C3)c(F)cc12. The van der Waals surface area contributed by atoms with Crippen LogP contribution < -0.4 is 20.5 Å². The number of amides is 1. The average Bonchev–Trinajstić information content (AvgIpc) is 3.53. The van der Waals surface area contributed by atoms with Crippen LogP contribution in [0.5, 0.6) is 5.75 Å². The standard InChI is InChI=1S/C27H36FN3O6/c1-6-35-23(33)15-36-21-12-22(32)31(18-7-8-18)24-16(2)25(20(28)11-19(21)24)30-10-9-17(14-30)13-29-26(34)37-27(3,4)5/h11-12,17-18H,6-10,13-15H2,1-5H3,(H,29,34)/t17-/m1/s1. The lowest BCUT2D eigenvalue weighted by Gasteiger charge is -2.25. The van der Waals surface area contributed by atoms with Crippen molar-refractivity contribution >= 4 is 28.7 Å². The van der Waals surface area contributed by atoms with E-state index in [9.17, 15) is 14.4 Å². The Hall–Kier alpha value is -3.30. The van der Waals surface area contributed by atoms with Gasteiger partial charge in [0.1, 0.15) is 17.2 Å². The van der Waals surface area contributed by atoms with Crippen LogP contribution in [0.2, 0.25) is 0 Å². The average molecular weight is 518 g/mol. The number of ether oxygens (including phenoxy) is 3. The van der Waals surface area contributed by atoms with Crippen LogP contribution in [0.4, 0.5) is 14.9 Å². The van der Waals surface area contributed by atoms with Crippen molar-refractivity contribution in [3.8, 4) is 5.75 Å². The second-order valence-corrected chi connectivity index (χ2v) is 10.8. The minimum absolute atomic E-state index is 0.0653. The molecule has 1 amide bonds. The van der Waals surface area contributed by atoms with Crippen LogP contribution in [0, 0.1) is 18.7 Å². The molecule has 1 aliphatic carbocycles. The maximum atomic E-state index is 15.6. The molecule has 9 nitrogen and oxygen atoms in total. The first-order valence-corrected chi connectivity index (χ1v) is 12.9. The van der Waals surface area contributed by atoms with Gasteiger partial charge in [0.25, 0.3) is 5.56 Å². The summed E-state index contributed by atoms with van der Waals surface area (Å²) in [6, 6.07) is 2.78. The summed E-state index contributed by atoms with van der Waals surface area (Å²) in [5.41, 5.74) is 0.911. The fourth-order valence-electron chi connectivity index (χ4n) is 4.91. The summed E-state index contributed by atoms with van der Waals surface area (Å²) in [6.07, 6.45) is 2.08. The number of anilines is 1. The Labute approximate surface area is 215 Å². The van der Waals surface area contributed by atoms with Crippen molar-refractivity contribution in [2.24, 2.45) is 5.92 Å². The highest BCUT2D eigenvalue weighted by Crippen LogP contribution is 2.42. The molecule has 1 aromatic heterocycles. The summed E-state index contributed by atoms with van der Waals surface area (Å²) in [5.74, 6) is -0.682. The Balaban J connectivity index is 1.61. The maximum absolute atomic E-state index is 15.6. The zero-order chi connectivity index (χ0) is 26.9. The molecule has 37 heavy (non-hydrogen) atoms. The first-order valence-electron chi connectivity index (χ1n) is 12.9. The number of hydrogen-bond acceptors (Lipinski definition) is 7. The number of rotatable bonds is 8. The number of aromatic nitrogens is 1. The van der Waals surface area contributed by atoms with Gasteiger partial charge >= 0.3 is 12.1 Å². The number of alkyl carbamates (subject to hydrolysis) is 1. The number of pyridine rings is 1. The van der Waals surface area contributed by atoms with Crippen molar-refractivity contribution in [2.45, 2.75) is 65.5 Å². The molecule has 0 unspecified atom stereocenters. The lowest BCUT2D eigenvalue weighted by molar-refractivity contribution is -0.145. The molecule has 1 saturated carbocycles. The molecule has 4 rings (SSSR count). The molecule has 1 aliphatic heterocycles. The van der Waals surface area contributed by atoms with Crippen LogP contribution in [0.25, 0.3) is 10.9 Å². The molecule has 1 atom stereocenters. The Morgan fingerprint density at radius 3 is 2.57 bits per heavy atom. The second kappa shape index (κ2) is 10.6. The van der Waals surface area contributed by atoms with Gasteiger partial charge in [-0.25, -0.2) is 14.0 Å². The Kier molecular flexibility index (Phi) is 7.66. The van der Waals surface area contributed by atoms with Gasteiger partial charge in [0.15, 0.2) is 6.61 Å². The Morgan fingerprint density at radius 1 is 1.19 bits per heavy atom. The van der Waals surface area contributed by atoms with E-state index in [0.717, 1.165) is 19.3 Å². The minimum Gasteiger partial charge on any atom is -0.481 e. The van der Waals surface area contributed by atoms with Gasteiger partial charge in [-0.2, -0.15) is 0 Å². The number of esters is 1. The highest BCUT2D eigenvalue weighted by molar-refractivity contribution is 5.92. The van der Waals surface area contributed by atoms with E-state index in [4.69, 9.17) is 14.2 Å². The number of benzene rings is 1. The third kappa shape index (κ3) is 6.17. The lowest BCUT2D eigenvalue weighted by Crippen LogP contribution is -2.36. The van der Waals surface area contributed by atoms with E-state index in [1.54, 1.807) is 11.5 Å². The largest absolute Gasteiger partial charge is 0.481 e. The molecular weight excluding hydrogens is 481 g/mol. The molecule has 10 heteroatoms. The highest BCUT2D eigenvalue weighted by atomic mass is 19.1. The van der Waals surface area contributed by atoms with Crippen molar-refractivity contribution < 1.29 is 28.2 Å². The first kappa shape index (κ1) is 26.8. The van der Waals surface area contributed by atoms with Crippen molar-refractivity contribution in [1.82, 2.24) is 9.88 Å². The number of fused-ring (bicyclic) bond motifs is 1. The van der Waals surface area contributed by atoms with Crippen molar-refractivity contribution in [3.63, 3.8) is 0 Å². The van der Waals surface area contributed by atoms with Crippen LogP contribution in [0.1, 0.15) is 58.6 Å². The summed E-state index contributed by atoms with van der Waals surface area (Å²) >= 11 is 0. The van der Waals surface area contributed by atoms with Crippen LogP contribution in [0.15, 0.2) is 16.9 Å². The van der Waals surface area contributed by atoms with Gasteiger partial charge in [0.2, 0.25) is 0 Å². The molecular formula is C27H36FN3O6. The predicted molar refractivity (Wildman–Crippen MR) is 138 cm³/mol. The molecule has 0 bridgehead atoms. The van der Waals surface area contributed by atoms with Crippen LogP contribution >= 0.6 is 0 Å². The maximum Gasteiger partial charge on any atom is 0.407 e. The summed E-state index contributed by atoms with van der Waals surface area (Å²) in [4.78, 5) is 38.9. The fraction of sp³-hybridized carbons (Fsp3) is 0.593. The third-order valence-corrected chi connectivity index (χ3v) is 6.56. The summed E-state index contributed by atoms with van der Waals surface area (Å²) in [6.45, 7) is 10.4. The van der Waals surface area contributed by atoms with E-state index in [1.807, 2.05) is 32.6 Å². The van der Waals surface area contributed by atoms with E-state index in [-0.39, 0.29) is 36.5 Å². The first-order chi connectivity index (χ1) is 17.5. The van der Waals surface area contributed by atoms with Gasteiger partial charge in [-0.3, -0.25) is 4.79 Å². The monoisotopic (exact) mass is 517 g/mol. The van der Waals surface area contributed by atoms with Crippen LogP contribution in [0.3, 0.4) is 0 Å². The van der Waals surface area contributed by atoms with E-state index in [1.165, 1.54) is 12.1 Å². The van der Waals surface area contributed by atoms with E-state index in [0.29, 0.717) is 41.8 Å². The quantitative estimate of drug-likeness (QED) is 0.527. The number of carbonyl (C=O) groups excluding carboxylic acids is 2. The molecule has 2 fully saturated rings. The molecule has 202 valence electrons. The second-order valence-electron chi connectivity index (χ2n) is 10.8. The predicted octanol–water partition coefficient (Wildman–Crippen LogP) is 4.08. The molecule has 2 aliphatic rings. The topological polar surface area (TPSA) is 99.1 Å². The minimum atomic E-state index is -0.576. The molecule has 1 aromatic carbocycles. The molecule has 1 saturated heterocycles. The number of nitrogens with one attached hydrogen (secondary N) is 1. The van der Waals surface area contributed by atoms with Gasteiger partial charge in [0, 0.05) is 37.1 Å². The summed E-state index contributed by atoms with van der Waals surface area (Å²) < 4.78 is 33.2. The van der Waals surface area contributed by atoms with Gasteiger partial charge in [-0.1, -0.05) is 0 Å². The normalized spacial score (nSPS) is 17.7. The zero-order valence-electron chi connectivity index (χ0n) is 22.2. The van der Waals surface area contributed by atoms with Crippen molar-refractivity contribution in [2.75, 3.05) is 37.7 Å². The van der Waals surface area contributed by atoms with Crippen LogP contribution in [-0.4, -0.2) is 55.1 Å². The Morgan fingerprint density at radius 2 is 1.92 bits per heavy atom. The summed E-state index contributed by atoms with van der Waals surface area (Å²) in [7, 11) is 0. The number of nitrogens with zero attached hydrogens (tertiary/aromatic N) is 2. The third-order valence-electron chi connectivity index (χ3n) is 6.56. The molecule has 0 radical (unpaired) electrons. The fourth-order valence-corrected chi connectivity index (χ4v) is 4.91. The summed E-state index contributed by atoms with van der Waals surface area (Å²) in [5, 5.41) is 3.27. The number of halogens is 1. The van der Waals surface area contributed by atoms with Crippen molar-refractivity contribution in [3.05, 3.63) is 33.9 Å². The van der Waals surface area contributed by atoms with Gasteiger partial charge in [0.05, 0.1) is 17.8 Å². The van der Waals surface area contributed by atoms with Gasteiger partial charge < -0.3 is 29.0 Å². The van der Waals surface area contributed by atoms with Crippen LogP contribution in [-0.2, 0) is 14.3 Å². The van der Waals surface area contributed by atoms with E-state index < -0.39 is 23.5 Å². The number of carbonyl (C=O) groups is 2.